The van der Waals surface area contributed by atoms with Gasteiger partial charge in [-0.2, -0.15) is 0 Å². The first-order valence-electron chi connectivity index (χ1n) is 12.2. The fourth-order valence-corrected chi connectivity index (χ4v) is 4.14. The van der Waals surface area contributed by atoms with Gasteiger partial charge in [0.1, 0.15) is 5.75 Å². The summed E-state index contributed by atoms with van der Waals surface area (Å²) in [6.45, 7) is 6.75. The lowest BCUT2D eigenvalue weighted by atomic mass is 10.0. The van der Waals surface area contributed by atoms with E-state index in [4.69, 9.17) is 4.74 Å². The molecule has 0 atom stereocenters. The molecule has 0 spiro atoms. The summed E-state index contributed by atoms with van der Waals surface area (Å²) in [7, 11) is 0. The molecule has 1 heterocycles. The Hall–Kier alpha value is -2.86. The fraction of sp³-hybridized carbons (Fsp3) is 0.481. The zero-order chi connectivity index (χ0) is 23.5. The maximum Gasteiger partial charge on any atom is 0.251 e. The van der Waals surface area contributed by atoms with Crippen molar-refractivity contribution < 1.29 is 14.3 Å². The molecule has 0 unspecified atom stereocenters. The maximum absolute atomic E-state index is 13.2. The Kier molecular flexibility index (Phi) is 9.76. The van der Waals surface area contributed by atoms with Crippen LogP contribution >= 0.6 is 0 Å². The van der Waals surface area contributed by atoms with Gasteiger partial charge in [-0.05, 0) is 49.8 Å². The van der Waals surface area contributed by atoms with E-state index in [0.717, 1.165) is 49.0 Å². The molecule has 3 rings (SSSR count). The second-order valence-electron chi connectivity index (χ2n) is 8.66. The van der Waals surface area contributed by atoms with Crippen LogP contribution in [0.5, 0.6) is 5.75 Å². The number of ether oxygens (including phenoxy) is 1. The van der Waals surface area contributed by atoms with Crippen LogP contribution in [-0.4, -0.2) is 42.5 Å². The Bertz CT molecular complexity index is 897. The molecule has 1 aliphatic rings. The Morgan fingerprint density at radius 1 is 1.03 bits per heavy atom. The minimum absolute atomic E-state index is 0.00612. The van der Waals surface area contributed by atoms with Crippen molar-refractivity contribution >= 4 is 11.8 Å². The third kappa shape index (κ3) is 7.60. The zero-order valence-corrected chi connectivity index (χ0v) is 19.9. The number of rotatable bonds is 6. The van der Waals surface area contributed by atoms with Crippen molar-refractivity contribution in [1.82, 2.24) is 15.5 Å². The lowest BCUT2D eigenvalue weighted by Crippen LogP contribution is -2.38. The minimum atomic E-state index is -0.0856. The van der Waals surface area contributed by atoms with E-state index in [1.54, 1.807) is 0 Å². The van der Waals surface area contributed by atoms with Crippen LogP contribution in [0.1, 0.15) is 67.4 Å². The molecule has 0 bridgehead atoms. The van der Waals surface area contributed by atoms with Gasteiger partial charge in [0.25, 0.3) is 5.91 Å². The molecule has 2 amide bonds. The fourth-order valence-electron chi connectivity index (χ4n) is 4.14. The van der Waals surface area contributed by atoms with E-state index in [1.165, 1.54) is 0 Å². The van der Waals surface area contributed by atoms with Crippen LogP contribution in [0.3, 0.4) is 0 Å². The van der Waals surface area contributed by atoms with Gasteiger partial charge in [0.2, 0.25) is 5.91 Å². The Morgan fingerprint density at radius 3 is 2.58 bits per heavy atom. The Labute approximate surface area is 197 Å². The molecule has 0 aromatic heterocycles. The third-order valence-electron chi connectivity index (χ3n) is 6.10. The first-order chi connectivity index (χ1) is 16.1. The molecular formula is C27H37N3O3. The SMILES string of the molecule is CCC(CC)NC(=O)c1cccc2c1CN(Cc1ccccc1)CC(=O)NCCCCCO2. The summed E-state index contributed by atoms with van der Waals surface area (Å²) in [6, 6.07) is 15.9. The van der Waals surface area contributed by atoms with Crippen molar-refractivity contribution in [3.8, 4) is 5.75 Å². The van der Waals surface area contributed by atoms with Crippen LogP contribution in [0.4, 0.5) is 0 Å². The van der Waals surface area contributed by atoms with E-state index >= 15 is 0 Å². The van der Waals surface area contributed by atoms with Crippen molar-refractivity contribution in [3.05, 3.63) is 65.2 Å². The molecule has 0 saturated heterocycles. The number of nitrogens with zero attached hydrogens (tertiary/aromatic N) is 1. The van der Waals surface area contributed by atoms with E-state index in [1.807, 2.05) is 36.4 Å². The molecule has 1 aliphatic heterocycles. The minimum Gasteiger partial charge on any atom is -0.493 e. The highest BCUT2D eigenvalue weighted by molar-refractivity contribution is 5.96. The maximum atomic E-state index is 13.2. The van der Waals surface area contributed by atoms with Crippen LogP contribution in [0.25, 0.3) is 0 Å². The van der Waals surface area contributed by atoms with Gasteiger partial charge in [-0.25, -0.2) is 0 Å². The van der Waals surface area contributed by atoms with Gasteiger partial charge in [0.15, 0.2) is 0 Å². The summed E-state index contributed by atoms with van der Waals surface area (Å²) < 4.78 is 6.16. The van der Waals surface area contributed by atoms with E-state index in [0.29, 0.717) is 31.8 Å². The van der Waals surface area contributed by atoms with Crippen LogP contribution in [0, 0.1) is 0 Å². The highest BCUT2D eigenvalue weighted by atomic mass is 16.5. The average Bonchev–Trinajstić information content (AvgIpc) is 2.84. The predicted octanol–water partition coefficient (Wildman–Crippen LogP) is 4.29. The normalized spacial score (nSPS) is 15.9. The van der Waals surface area contributed by atoms with Gasteiger partial charge in [0.05, 0.1) is 13.2 Å². The molecule has 2 aromatic rings. The topological polar surface area (TPSA) is 70.7 Å². The van der Waals surface area contributed by atoms with Gasteiger partial charge in [-0.15, -0.1) is 0 Å². The summed E-state index contributed by atoms with van der Waals surface area (Å²) in [6.07, 6.45) is 4.59. The summed E-state index contributed by atoms with van der Waals surface area (Å²) >= 11 is 0. The van der Waals surface area contributed by atoms with E-state index in [-0.39, 0.29) is 24.4 Å². The van der Waals surface area contributed by atoms with Crippen molar-refractivity contribution in [2.24, 2.45) is 0 Å². The van der Waals surface area contributed by atoms with Gasteiger partial charge in [-0.1, -0.05) is 50.2 Å². The average molecular weight is 452 g/mol. The molecular weight excluding hydrogens is 414 g/mol. The quantitative estimate of drug-likeness (QED) is 0.688. The first kappa shape index (κ1) is 24.8. The van der Waals surface area contributed by atoms with E-state index < -0.39 is 0 Å². The number of nitrogens with one attached hydrogen (secondary N) is 2. The lowest BCUT2D eigenvalue weighted by molar-refractivity contribution is -0.122. The summed E-state index contributed by atoms with van der Waals surface area (Å²) in [5.41, 5.74) is 2.58. The largest absolute Gasteiger partial charge is 0.493 e. The number of benzene rings is 2. The highest BCUT2D eigenvalue weighted by Gasteiger charge is 2.22. The highest BCUT2D eigenvalue weighted by Crippen LogP contribution is 2.26. The molecule has 6 heteroatoms. The molecule has 0 fully saturated rings. The molecule has 0 saturated carbocycles. The molecule has 178 valence electrons. The summed E-state index contributed by atoms with van der Waals surface area (Å²) in [5.74, 6) is 0.647. The van der Waals surface area contributed by atoms with Crippen LogP contribution in [0.2, 0.25) is 0 Å². The number of hydrogen-bond donors (Lipinski definition) is 2. The Morgan fingerprint density at radius 2 is 1.82 bits per heavy atom. The molecule has 2 N–H and O–H groups in total. The van der Waals surface area contributed by atoms with Crippen molar-refractivity contribution in [1.29, 1.82) is 0 Å². The third-order valence-corrected chi connectivity index (χ3v) is 6.10. The summed E-state index contributed by atoms with van der Waals surface area (Å²) in [5, 5.41) is 6.20. The Balaban J connectivity index is 1.94. The molecule has 0 radical (unpaired) electrons. The number of fused-ring (bicyclic) bond motifs is 1. The first-order valence-corrected chi connectivity index (χ1v) is 12.2. The second kappa shape index (κ2) is 13.0. The van der Waals surface area contributed by atoms with E-state index in [9.17, 15) is 9.59 Å². The van der Waals surface area contributed by atoms with Crippen molar-refractivity contribution in [2.75, 3.05) is 19.7 Å². The van der Waals surface area contributed by atoms with E-state index in [2.05, 4.69) is 41.5 Å². The summed E-state index contributed by atoms with van der Waals surface area (Å²) in [4.78, 5) is 28.0. The van der Waals surface area contributed by atoms with Gasteiger partial charge < -0.3 is 15.4 Å². The van der Waals surface area contributed by atoms with Gasteiger partial charge in [0, 0.05) is 36.8 Å². The molecule has 2 aromatic carbocycles. The lowest BCUT2D eigenvalue weighted by Gasteiger charge is -2.25. The van der Waals surface area contributed by atoms with Crippen molar-refractivity contribution in [2.45, 2.75) is 65.1 Å². The number of hydrogen-bond acceptors (Lipinski definition) is 4. The monoisotopic (exact) mass is 451 g/mol. The number of carbonyl (C=O) groups excluding carboxylic acids is 2. The molecule has 0 aliphatic carbocycles. The zero-order valence-electron chi connectivity index (χ0n) is 19.9. The number of carbonyl (C=O) groups is 2. The van der Waals surface area contributed by atoms with Crippen LogP contribution in [-0.2, 0) is 17.9 Å². The smallest absolute Gasteiger partial charge is 0.251 e. The van der Waals surface area contributed by atoms with Gasteiger partial charge in [-0.3, -0.25) is 14.5 Å². The molecule has 33 heavy (non-hydrogen) atoms. The number of amides is 2. The molecule has 6 nitrogen and oxygen atoms in total. The van der Waals surface area contributed by atoms with Crippen molar-refractivity contribution in [3.63, 3.8) is 0 Å². The second-order valence-corrected chi connectivity index (χ2v) is 8.66. The van der Waals surface area contributed by atoms with Crippen LogP contribution < -0.4 is 15.4 Å². The standard InChI is InChI=1S/C27H37N3O3/c1-3-22(4-2)29-27(32)23-14-11-15-25-24(23)19-30(18-21-12-7-5-8-13-21)20-26(31)28-16-9-6-10-17-33-25/h5,7-8,11-15,22H,3-4,6,9-10,16-20H2,1-2H3,(H,28,31)(H,29,32). The predicted molar refractivity (Wildman–Crippen MR) is 131 cm³/mol. The van der Waals surface area contributed by atoms with Gasteiger partial charge >= 0.3 is 0 Å². The van der Waals surface area contributed by atoms with Crippen LogP contribution in [0.15, 0.2) is 48.5 Å².